The van der Waals surface area contributed by atoms with Gasteiger partial charge in [-0.1, -0.05) is 36.4 Å². The molecule has 0 aliphatic rings. The Hall–Kier alpha value is -2.77. The first-order valence-electron chi connectivity index (χ1n) is 7.48. The fourth-order valence-corrected chi connectivity index (χ4v) is 3.37. The lowest BCUT2D eigenvalue weighted by Crippen LogP contribution is -2.32. The van der Waals surface area contributed by atoms with Crippen molar-refractivity contribution in [1.82, 2.24) is 4.72 Å². The molecule has 128 valence electrons. The zero-order valence-corrected chi connectivity index (χ0v) is 13.9. The van der Waals surface area contributed by atoms with E-state index in [1.807, 2.05) is 30.3 Å². The Morgan fingerprint density at radius 2 is 1.60 bits per heavy atom. The smallest absolute Gasteiger partial charge is 0.241 e. The van der Waals surface area contributed by atoms with E-state index in [0.29, 0.717) is 5.69 Å². The molecule has 2 N–H and O–H groups in total. The number of fused-ring (bicyclic) bond motifs is 1. The SMILES string of the molecule is O=C(CNS(=O)(=O)c1ccc(F)cc1)Nc1cccc2ccccc12. The third-order valence-electron chi connectivity index (χ3n) is 3.61. The largest absolute Gasteiger partial charge is 0.324 e. The van der Waals surface area contributed by atoms with Crippen LogP contribution in [0.15, 0.2) is 71.6 Å². The van der Waals surface area contributed by atoms with E-state index in [4.69, 9.17) is 0 Å². The van der Waals surface area contributed by atoms with Crippen LogP contribution in [0, 0.1) is 5.82 Å². The van der Waals surface area contributed by atoms with E-state index in [1.165, 1.54) is 0 Å². The topological polar surface area (TPSA) is 75.3 Å². The lowest BCUT2D eigenvalue weighted by atomic mass is 10.1. The highest BCUT2D eigenvalue weighted by atomic mass is 32.2. The molecule has 25 heavy (non-hydrogen) atoms. The lowest BCUT2D eigenvalue weighted by Gasteiger charge is -2.10. The fourth-order valence-electron chi connectivity index (χ4n) is 2.39. The van der Waals surface area contributed by atoms with E-state index in [-0.39, 0.29) is 4.90 Å². The summed E-state index contributed by atoms with van der Waals surface area (Å²) in [7, 11) is -3.88. The molecule has 0 heterocycles. The number of carbonyl (C=O) groups is 1. The summed E-state index contributed by atoms with van der Waals surface area (Å²) in [5.41, 5.74) is 0.601. The number of benzene rings is 3. The Balaban J connectivity index is 1.69. The number of carbonyl (C=O) groups excluding carboxylic acids is 1. The minimum absolute atomic E-state index is 0.105. The second kappa shape index (κ2) is 7.00. The average molecular weight is 358 g/mol. The molecule has 0 saturated heterocycles. The van der Waals surface area contributed by atoms with Gasteiger partial charge in [0.1, 0.15) is 5.82 Å². The van der Waals surface area contributed by atoms with Gasteiger partial charge in [0.2, 0.25) is 15.9 Å². The second-order valence-corrected chi connectivity index (χ2v) is 7.12. The number of rotatable bonds is 5. The van der Waals surface area contributed by atoms with Crippen LogP contribution in [-0.4, -0.2) is 20.9 Å². The van der Waals surface area contributed by atoms with E-state index in [0.717, 1.165) is 35.0 Å². The Morgan fingerprint density at radius 3 is 2.36 bits per heavy atom. The monoisotopic (exact) mass is 358 g/mol. The zero-order valence-electron chi connectivity index (χ0n) is 13.1. The Kier molecular flexibility index (Phi) is 4.78. The van der Waals surface area contributed by atoms with Crippen molar-refractivity contribution in [3.05, 3.63) is 72.5 Å². The molecule has 0 radical (unpaired) electrons. The van der Waals surface area contributed by atoms with Crippen molar-refractivity contribution in [2.24, 2.45) is 0 Å². The molecule has 0 fully saturated rings. The highest BCUT2D eigenvalue weighted by molar-refractivity contribution is 7.89. The summed E-state index contributed by atoms with van der Waals surface area (Å²) in [6.07, 6.45) is 0. The first-order valence-corrected chi connectivity index (χ1v) is 8.97. The molecule has 3 aromatic rings. The number of amides is 1. The summed E-state index contributed by atoms with van der Waals surface area (Å²) < 4.78 is 39.3. The maximum absolute atomic E-state index is 12.9. The van der Waals surface area contributed by atoms with Gasteiger partial charge in [-0.3, -0.25) is 4.79 Å². The lowest BCUT2D eigenvalue weighted by molar-refractivity contribution is -0.115. The summed E-state index contributed by atoms with van der Waals surface area (Å²) >= 11 is 0. The molecule has 0 aliphatic carbocycles. The van der Waals surface area contributed by atoms with E-state index in [9.17, 15) is 17.6 Å². The van der Waals surface area contributed by atoms with Gasteiger partial charge in [0.15, 0.2) is 0 Å². The van der Waals surface area contributed by atoms with Gasteiger partial charge in [0, 0.05) is 11.1 Å². The predicted octanol–water partition coefficient (Wildman–Crippen LogP) is 2.90. The quantitative estimate of drug-likeness (QED) is 0.736. The summed E-state index contributed by atoms with van der Waals surface area (Å²) in [6.45, 7) is -0.428. The van der Waals surface area contributed by atoms with Crippen LogP contribution in [0.1, 0.15) is 0 Å². The van der Waals surface area contributed by atoms with Crippen LogP contribution in [0.25, 0.3) is 10.8 Å². The molecule has 0 atom stereocenters. The van der Waals surface area contributed by atoms with Gasteiger partial charge in [0.25, 0.3) is 0 Å². The molecule has 0 unspecified atom stereocenters. The van der Waals surface area contributed by atoms with Crippen LogP contribution in [0.4, 0.5) is 10.1 Å². The van der Waals surface area contributed by atoms with Gasteiger partial charge in [-0.25, -0.2) is 17.5 Å². The van der Waals surface area contributed by atoms with Crippen molar-refractivity contribution >= 4 is 32.4 Å². The van der Waals surface area contributed by atoms with Gasteiger partial charge >= 0.3 is 0 Å². The first kappa shape index (κ1) is 17.1. The van der Waals surface area contributed by atoms with Gasteiger partial charge in [0.05, 0.1) is 11.4 Å². The molecule has 7 heteroatoms. The minimum Gasteiger partial charge on any atom is -0.324 e. The second-order valence-electron chi connectivity index (χ2n) is 5.35. The highest BCUT2D eigenvalue weighted by Gasteiger charge is 2.16. The van der Waals surface area contributed by atoms with Gasteiger partial charge in [-0.05, 0) is 35.7 Å². The Bertz CT molecular complexity index is 1010. The first-order chi connectivity index (χ1) is 12.0. The molecule has 5 nitrogen and oxygen atoms in total. The van der Waals surface area contributed by atoms with E-state index in [2.05, 4.69) is 10.0 Å². The maximum Gasteiger partial charge on any atom is 0.241 e. The number of sulfonamides is 1. The Labute approximate surface area is 144 Å². The van der Waals surface area contributed by atoms with Crippen LogP contribution >= 0.6 is 0 Å². The molecule has 3 rings (SSSR count). The number of hydrogen-bond donors (Lipinski definition) is 2. The van der Waals surface area contributed by atoms with Gasteiger partial charge in [-0.2, -0.15) is 0 Å². The van der Waals surface area contributed by atoms with Crippen molar-refractivity contribution in [3.63, 3.8) is 0 Å². The van der Waals surface area contributed by atoms with Crippen LogP contribution in [-0.2, 0) is 14.8 Å². The molecular formula is C18H15FN2O3S. The van der Waals surface area contributed by atoms with Crippen molar-refractivity contribution in [2.75, 3.05) is 11.9 Å². The Morgan fingerprint density at radius 1 is 0.920 bits per heavy atom. The number of halogens is 1. The normalized spacial score (nSPS) is 11.4. The number of nitrogens with one attached hydrogen (secondary N) is 2. The number of anilines is 1. The van der Waals surface area contributed by atoms with Crippen molar-refractivity contribution in [1.29, 1.82) is 0 Å². The molecule has 0 spiro atoms. The summed E-state index contributed by atoms with van der Waals surface area (Å²) in [5, 5.41) is 4.52. The molecular weight excluding hydrogens is 343 g/mol. The standard InChI is InChI=1S/C18H15FN2O3S/c19-14-8-10-15(11-9-14)25(23,24)20-12-18(22)21-17-7-3-5-13-4-1-2-6-16(13)17/h1-11,20H,12H2,(H,21,22). The molecule has 0 aliphatic heterocycles. The molecule has 0 aromatic heterocycles. The van der Waals surface area contributed by atoms with Crippen molar-refractivity contribution in [2.45, 2.75) is 4.90 Å². The van der Waals surface area contributed by atoms with Crippen molar-refractivity contribution in [3.8, 4) is 0 Å². The summed E-state index contributed by atoms with van der Waals surface area (Å²) in [6, 6.07) is 17.4. The van der Waals surface area contributed by atoms with Crippen LogP contribution in [0.5, 0.6) is 0 Å². The van der Waals surface area contributed by atoms with Gasteiger partial charge < -0.3 is 5.32 Å². The average Bonchev–Trinajstić information content (AvgIpc) is 2.61. The van der Waals surface area contributed by atoms with Crippen LogP contribution < -0.4 is 10.0 Å². The van der Waals surface area contributed by atoms with Crippen LogP contribution in [0.2, 0.25) is 0 Å². The minimum atomic E-state index is -3.88. The molecule has 1 amide bonds. The third-order valence-corrected chi connectivity index (χ3v) is 5.03. The maximum atomic E-state index is 12.9. The van der Waals surface area contributed by atoms with E-state index in [1.54, 1.807) is 12.1 Å². The van der Waals surface area contributed by atoms with E-state index < -0.39 is 28.3 Å². The van der Waals surface area contributed by atoms with Crippen molar-refractivity contribution < 1.29 is 17.6 Å². The summed E-state index contributed by atoms with van der Waals surface area (Å²) in [4.78, 5) is 12.0. The molecule has 3 aromatic carbocycles. The van der Waals surface area contributed by atoms with Crippen LogP contribution in [0.3, 0.4) is 0 Å². The molecule has 0 saturated carbocycles. The van der Waals surface area contributed by atoms with E-state index >= 15 is 0 Å². The highest BCUT2D eigenvalue weighted by Crippen LogP contribution is 2.22. The zero-order chi connectivity index (χ0) is 17.9. The predicted molar refractivity (Wildman–Crippen MR) is 94.2 cm³/mol. The fraction of sp³-hybridized carbons (Fsp3) is 0.0556. The van der Waals surface area contributed by atoms with Gasteiger partial charge in [-0.15, -0.1) is 0 Å². The summed E-state index contributed by atoms with van der Waals surface area (Å²) in [5.74, 6) is -1.03. The number of hydrogen-bond acceptors (Lipinski definition) is 3. The third kappa shape index (κ3) is 4.01. The molecule has 0 bridgehead atoms.